The van der Waals surface area contributed by atoms with Crippen molar-refractivity contribution >= 4 is 27.5 Å². The Hall–Kier alpha value is -1.03. The van der Waals surface area contributed by atoms with Crippen LogP contribution in [0.25, 0.3) is 0 Å². The average Bonchev–Trinajstić information content (AvgIpc) is 2.59. The van der Waals surface area contributed by atoms with Crippen LogP contribution in [-0.2, 0) is 4.79 Å². The number of anilines is 1. The molecule has 0 heterocycles. The van der Waals surface area contributed by atoms with E-state index in [1.165, 1.54) is 0 Å². The van der Waals surface area contributed by atoms with Crippen molar-refractivity contribution in [3.8, 4) is 0 Å². The van der Waals surface area contributed by atoms with E-state index in [1.807, 2.05) is 24.3 Å². The number of nitrogens with two attached hydrogens (primary N) is 1. The number of nitrogens with one attached hydrogen (secondary N) is 1. The summed E-state index contributed by atoms with van der Waals surface area (Å²) in [6, 6.07) is 7.83. The molecule has 1 fully saturated rings. The zero-order chi connectivity index (χ0) is 13.4. The van der Waals surface area contributed by atoms with Crippen molar-refractivity contribution in [1.82, 2.24) is 0 Å². The van der Waals surface area contributed by atoms with Gasteiger partial charge in [-0.25, -0.2) is 0 Å². The zero-order valence-corrected chi connectivity index (χ0v) is 12.4. The summed E-state index contributed by atoms with van der Waals surface area (Å²) in [6.45, 7) is 4.36. The van der Waals surface area contributed by atoms with Gasteiger partial charge in [-0.3, -0.25) is 4.79 Å². The van der Waals surface area contributed by atoms with Gasteiger partial charge in [-0.1, -0.05) is 29.8 Å². The second-order valence-corrected chi connectivity index (χ2v) is 6.83. The third-order valence-electron chi connectivity index (χ3n) is 3.71. The maximum Gasteiger partial charge on any atom is 0.243 e. The molecule has 1 aliphatic rings. The van der Waals surface area contributed by atoms with Gasteiger partial charge in [0, 0.05) is 10.2 Å². The number of amides is 1. The van der Waals surface area contributed by atoms with Crippen molar-refractivity contribution in [2.45, 2.75) is 38.6 Å². The predicted molar refractivity (Wildman–Crippen MR) is 77.3 cm³/mol. The Morgan fingerprint density at radius 3 is 2.33 bits per heavy atom. The number of rotatable bonds is 3. The van der Waals surface area contributed by atoms with Gasteiger partial charge in [0.2, 0.25) is 5.91 Å². The lowest BCUT2D eigenvalue weighted by Crippen LogP contribution is -2.49. The predicted octanol–water partition coefficient (Wildman–Crippen LogP) is 3.30. The van der Waals surface area contributed by atoms with Gasteiger partial charge < -0.3 is 11.1 Å². The van der Waals surface area contributed by atoms with Crippen molar-refractivity contribution in [3.05, 3.63) is 28.7 Å². The molecule has 1 unspecified atom stereocenters. The van der Waals surface area contributed by atoms with E-state index in [0.717, 1.165) is 29.4 Å². The summed E-state index contributed by atoms with van der Waals surface area (Å²) in [6.07, 6.45) is 2.59. The molecule has 0 radical (unpaired) electrons. The number of hydrogen-bond acceptors (Lipinski definition) is 2. The first-order valence-corrected chi connectivity index (χ1v) is 6.96. The summed E-state index contributed by atoms with van der Waals surface area (Å²) in [5, 5.41) is 3.34. The van der Waals surface area contributed by atoms with Gasteiger partial charge in [-0.05, 0) is 48.9 Å². The Kier molecular flexibility index (Phi) is 3.41. The molecule has 0 aromatic heterocycles. The van der Waals surface area contributed by atoms with E-state index in [1.54, 1.807) is 0 Å². The highest BCUT2D eigenvalue weighted by atomic mass is 79.9. The Morgan fingerprint density at radius 1 is 1.28 bits per heavy atom. The Morgan fingerprint density at radius 2 is 1.89 bits per heavy atom. The lowest BCUT2D eigenvalue weighted by molar-refractivity contribution is -0.122. The highest BCUT2D eigenvalue weighted by Gasteiger charge is 2.47. The topological polar surface area (TPSA) is 55.1 Å². The Labute approximate surface area is 116 Å². The molecule has 3 N–H and O–H groups in total. The van der Waals surface area contributed by atoms with Crippen LogP contribution in [0.4, 0.5) is 5.69 Å². The van der Waals surface area contributed by atoms with Gasteiger partial charge in [0.05, 0.1) is 0 Å². The van der Waals surface area contributed by atoms with E-state index in [4.69, 9.17) is 5.73 Å². The van der Waals surface area contributed by atoms with Crippen molar-refractivity contribution in [2.24, 2.45) is 11.1 Å². The monoisotopic (exact) mass is 310 g/mol. The van der Waals surface area contributed by atoms with Crippen molar-refractivity contribution in [3.63, 3.8) is 0 Å². The van der Waals surface area contributed by atoms with Crippen LogP contribution in [-0.4, -0.2) is 11.4 Å². The van der Waals surface area contributed by atoms with Gasteiger partial charge in [-0.2, -0.15) is 0 Å². The first-order chi connectivity index (χ1) is 8.33. The molecule has 0 aliphatic heterocycles. The second-order valence-electron chi connectivity index (χ2n) is 5.92. The number of primary amides is 1. The summed E-state index contributed by atoms with van der Waals surface area (Å²) in [4.78, 5) is 11.8. The summed E-state index contributed by atoms with van der Waals surface area (Å²) in [7, 11) is 0. The van der Waals surface area contributed by atoms with Gasteiger partial charge >= 0.3 is 0 Å². The molecule has 0 saturated heterocycles. The van der Waals surface area contributed by atoms with Crippen LogP contribution in [0.1, 0.15) is 33.1 Å². The molecule has 0 spiro atoms. The fraction of sp³-hybridized carbons (Fsp3) is 0.500. The van der Waals surface area contributed by atoms with E-state index in [2.05, 4.69) is 35.1 Å². The van der Waals surface area contributed by atoms with E-state index in [9.17, 15) is 4.79 Å². The van der Waals surface area contributed by atoms with Crippen molar-refractivity contribution in [2.75, 3.05) is 5.32 Å². The largest absolute Gasteiger partial charge is 0.371 e. The Bertz CT molecular complexity index is 455. The molecule has 98 valence electrons. The van der Waals surface area contributed by atoms with Gasteiger partial charge in [-0.15, -0.1) is 0 Å². The number of hydrogen-bond donors (Lipinski definition) is 2. The van der Waals surface area contributed by atoms with Crippen LogP contribution in [0.2, 0.25) is 0 Å². The minimum absolute atomic E-state index is 0.164. The SMILES string of the molecule is CC1(C)CCC(Nc2ccc(Br)cc2)(C(N)=O)C1. The molecule has 2 rings (SSSR count). The third-order valence-corrected chi connectivity index (χ3v) is 4.24. The summed E-state index contributed by atoms with van der Waals surface area (Å²) in [5.74, 6) is -0.254. The van der Waals surface area contributed by atoms with E-state index in [-0.39, 0.29) is 11.3 Å². The van der Waals surface area contributed by atoms with Crippen LogP contribution in [0.3, 0.4) is 0 Å². The first-order valence-electron chi connectivity index (χ1n) is 6.17. The number of benzene rings is 1. The molecule has 1 amide bonds. The van der Waals surface area contributed by atoms with E-state index < -0.39 is 5.54 Å². The minimum Gasteiger partial charge on any atom is -0.371 e. The smallest absolute Gasteiger partial charge is 0.243 e. The van der Waals surface area contributed by atoms with Crippen LogP contribution >= 0.6 is 15.9 Å². The molecule has 18 heavy (non-hydrogen) atoms. The maximum absolute atomic E-state index is 11.8. The molecule has 1 aromatic rings. The lowest BCUT2D eigenvalue weighted by Gasteiger charge is -2.30. The van der Waals surface area contributed by atoms with Gasteiger partial charge in [0.25, 0.3) is 0 Å². The molecule has 1 atom stereocenters. The standard InChI is InChI=1S/C14H19BrN2O/c1-13(2)7-8-14(9-13,12(16)18)17-11-5-3-10(15)4-6-11/h3-6,17H,7-9H2,1-2H3,(H2,16,18). The average molecular weight is 311 g/mol. The lowest BCUT2D eigenvalue weighted by atomic mass is 9.87. The van der Waals surface area contributed by atoms with Crippen LogP contribution in [0.5, 0.6) is 0 Å². The second kappa shape index (κ2) is 4.57. The summed E-state index contributed by atoms with van der Waals surface area (Å²) in [5.41, 5.74) is 6.12. The molecule has 4 heteroatoms. The summed E-state index contributed by atoms with van der Waals surface area (Å²) >= 11 is 3.40. The molecule has 0 bridgehead atoms. The van der Waals surface area contributed by atoms with Crippen molar-refractivity contribution in [1.29, 1.82) is 0 Å². The highest BCUT2D eigenvalue weighted by molar-refractivity contribution is 9.10. The third kappa shape index (κ3) is 2.69. The van der Waals surface area contributed by atoms with Gasteiger partial charge in [0.1, 0.15) is 5.54 Å². The Balaban J connectivity index is 2.23. The highest BCUT2D eigenvalue weighted by Crippen LogP contribution is 2.45. The number of halogens is 1. The molecule has 1 aromatic carbocycles. The maximum atomic E-state index is 11.8. The molecular formula is C14H19BrN2O. The quantitative estimate of drug-likeness (QED) is 0.900. The van der Waals surface area contributed by atoms with Gasteiger partial charge in [0.15, 0.2) is 0 Å². The molecule has 1 aliphatic carbocycles. The van der Waals surface area contributed by atoms with E-state index in [0.29, 0.717) is 0 Å². The minimum atomic E-state index is -0.600. The van der Waals surface area contributed by atoms with Crippen LogP contribution in [0, 0.1) is 5.41 Å². The molecule has 3 nitrogen and oxygen atoms in total. The van der Waals surface area contributed by atoms with Crippen LogP contribution in [0.15, 0.2) is 28.7 Å². The van der Waals surface area contributed by atoms with Crippen LogP contribution < -0.4 is 11.1 Å². The van der Waals surface area contributed by atoms with Crippen molar-refractivity contribution < 1.29 is 4.79 Å². The number of carbonyl (C=O) groups is 1. The molecule has 1 saturated carbocycles. The molecular weight excluding hydrogens is 292 g/mol. The normalized spacial score (nSPS) is 25.9. The number of carbonyl (C=O) groups excluding carboxylic acids is 1. The fourth-order valence-electron chi connectivity index (χ4n) is 2.73. The summed E-state index contributed by atoms with van der Waals surface area (Å²) < 4.78 is 1.02. The first kappa shape index (κ1) is 13.4. The van der Waals surface area contributed by atoms with E-state index >= 15 is 0 Å². The fourth-order valence-corrected chi connectivity index (χ4v) is 3.00. The zero-order valence-electron chi connectivity index (χ0n) is 10.8.